The van der Waals surface area contributed by atoms with E-state index in [0.717, 1.165) is 11.3 Å². The van der Waals surface area contributed by atoms with Gasteiger partial charge in [-0.3, -0.25) is 0 Å². The summed E-state index contributed by atoms with van der Waals surface area (Å²) in [4.78, 5) is 0. The fourth-order valence-electron chi connectivity index (χ4n) is 0.962. The Morgan fingerprint density at radius 3 is 2.58 bits per heavy atom. The molecule has 0 atom stereocenters. The van der Waals surface area contributed by atoms with Crippen LogP contribution >= 0.6 is 29.1 Å². The summed E-state index contributed by atoms with van der Waals surface area (Å²) >= 11 is 11.4. The van der Waals surface area contributed by atoms with Gasteiger partial charge in [-0.1, -0.05) is 40.7 Å². The molecule has 1 nitrogen and oxygen atoms in total. The van der Waals surface area contributed by atoms with Crippen LogP contribution in [0.3, 0.4) is 0 Å². The van der Waals surface area contributed by atoms with E-state index < -0.39 is 6.63 Å². The molecule has 0 aliphatic heterocycles. The maximum absolute atomic E-state index is 5.72. The van der Waals surface area contributed by atoms with Gasteiger partial charge in [-0.15, -0.1) is 0 Å². The molecule has 0 amide bonds. The van der Waals surface area contributed by atoms with Crippen LogP contribution in [0.5, 0.6) is 5.75 Å². The molecule has 4 heteroatoms. The minimum Gasteiger partial charge on any atom is -0.496 e. The molecule has 0 spiro atoms. The van der Waals surface area contributed by atoms with E-state index in [9.17, 15) is 0 Å². The van der Waals surface area contributed by atoms with Crippen LogP contribution in [0.1, 0.15) is 5.56 Å². The number of hydrogen-bond acceptors (Lipinski definition) is 1. The first kappa shape index (κ1) is 10.1. The molecule has 0 aliphatic rings. The maximum atomic E-state index is 5.72. The van der Waals surface area contributed by atoms with Gasteiger partial charge in [-0.05, 0) is 6.07 Å². The molecular weight excluding hydrogens is 214 g/mol. The Morgan fingerprint density at radius 1 is 1.33 bits per heavy atom. The number of ether oxygens (including phenoxy) is 1. The van der Waals surface area contributed by atoms with E-state index in [4.69, 9.17) is 27.2 Å². The molecule has 0 saturated carbocycles. The predicted octanol–water partition coefficient (Wildman–Crippen LogP) is 3.98. The Hall–Kier alpha value is 0.0300. The third-order valence-corrected chi connectivity index (χ3v) is 2.78. The van der Waals surface area contributed by atoms with E-state index in [1.165, 1.54) is 0 Å². The highest BCUT2D eigenvalue weighted by atomic mass is 35.9. The molecule has 0 aromatic heterocycles. The van der Waals surface area contributed by atoms with E-state index in [1.54, 1.807) is 7.11 Å². The van der Waals surface area contributed by atoms with Gasteiger partial charge in [0, 0.05) is 11.7 Å². The minimum atomic E-state index is -0.934. The van der Waals surface area contributed by atoms with Crippen molar-refractivity contribution in [2.24, 2.45) is 0 Å². The molecule has 0 aliphatic carbocycles. The highest BCUT2D eigenvalue weighted by molar-refractivity contribution is 8.03. The summed E-state index contributed by atoms with van der Waals surface area (Å²) in [6.07, 6.45) is 0.683. The number of methoxy groups -OCH3 is 1. The average Bonchev–Trinajstić information content (AvgIpc) is 2.04. The van der Waals surface area contributed by atoms with Crippen LogP contribution in [-0.4, -0.2) is 7.11 Å². The second-order valence-electron chi connectivity index (χ2n) is 2.27. The number of halogens is 2. The Labute approximate surface area is 83.0 Å². The van der Waals surface area contributed by atoms with Gasteiger partial charge in [0.15, 0.2) is 0 Å². The van der Waals surface area contributed by atoms with Crippen LogP contribution in [0.15, 0.2) is 24.3 Å². The first-order chi connectivity index (χ1) is 5.74. The lowest BCUT2D eigenvalue weighted by Crippen LogP contribution is -1.88. The lowest BCUT2D eigenvalue weighted by Gasteiger charge is -2.07. The van der Waals surface area contributed by atoms with Crippen LogP contribution in [0, 0.1) is 0 Å². The van der Waals surface area contributed by atoms with E-state index in [1.807, 2.05) is 24.3 Å². The van der Waals surface area contributed by atoms with Crippen LogP contribution in [0.4, 0.5) is 0 Å². The quantitative estimate of drug-likeness (QED) is 0.704. The summed E-state index contributed by atoms with van der Waals surface area (Å²) in [5.74, 6) is 0.853. The van der Waals surface area contributed by atoms with Crippen molar-refractivity contribution < 1.29 is 4.74 Å². The van der Waals surface area contributed by atoms with Gasteiger partial charge in [0.1, 0.15) is 5.75 Å². The van der Waals surface area contributed by atoms with E-state index in [-0.39, 0.29) is 0 Å². The van der Waals surface area contributed by atoms with Crippen LogP contribution in [0.25, 0.3) is 0 Å². The van der Waals surface area contributed by atoms with Crippen molar-refractivity contribution in [1.29, 1.82) is 0 Å². The van der Waals surface area contributed by atoms with Crippen molar-refractivity contribution in [3.05, 3.63) is 29.8 Å². The molecule has 0 unspecified atom stereocenters. The molecule has 1 rings (SSSR count). The Balaban J connectivity index is 2.82. The smallest absolute Gasteiger partial charge is 0.122 e. The normalized spacial score (nSPS) is 10.3. The van der Waals surface area contributed by atoms with Crippen LogP contribution in [0.2, 0.25) is 0 Å². The summed E-state index contributed by atoms with van der Waals surface area (Å²) in [6.45, 7) is -0.934. The highest BCUT2D eigenvalue weighted by Crippen LogP contribution is 2.50. The van der Waals surface area contributed by atoms with Crippen molar-refractivity contribution in [3.63, 3.8) is 0 Å². The summed E-state index contributed by atoms with van der Waals surface area (Å²) in [5.41, 5.74) is 1.07. The van der Waals surface area contributed by atoms with Gasteiger partial charge in [0.2, 0.25) is 0 Å². The molecule has 0 saturated heterocycles. The maximum Gasteiger partial charge on any atom is 0.122 e. The molecule has 0 fully saturated rings. The van der Waals surface area contributed by atoms with Crippen LogP contribution in [-0.2, 0) is 6.16 Å². The summed E-state index contributed by atoms with van der Waals surface area (Å²) in [5, 5.41) is 0. The molecule has 0 bridgehead atoms. The molecule has 12 heavy (non-hydrogen) atoms. The van der Waals surface area contributed by atoms with Gasteiger partial charge in [0.25, 0.3) is 0 Å². The van der Waals surface area contributed by atoms with Gasteiger partial charge in [-0.25, -0.2) is 0 Å². The largest absolute Gasteiger partial charge is 0.496 e. The summed E-state index contributed by atoms with van der Waals surface area (Å²) in [6, 6.07) is 7.75. The number of rotatable bonds is 3. The van der Waals surface area contributed by atoms with Crippen molar-refractivity contribution in [2.45, 2.75) is 6.16 Å². The molecule has 1 aromatic carbocycles. The lowest BCUT2D eigenvalue weighted by atomic mass is 10.2. The molecular formula is C8H9Cl2OP. The molecule has 0 N–H and O–H groups in total. The van der Waals surface area contributed by atoms with Gasteiger partial charge >= 0.3 is 0 Å². The number of hydrogen-bond donors (Lipinski definition) is 0. The topological polar surface area (TPSA) is 9.23 Å². The second-order valence-corrected chi connectivity index (χ2v) is 6.16. The third kappa shape index (κ3) is 2.82. The minimum absolute atomic E-state index is 0.683. The van der Waals surface area contributed by atoms with Crippen molar-refractivity contribution >= 4 is 29.1 Å². The summed E-state index contributed by atoms with van der Waals surface area (Å²) in [7, 11) is 1.64. The summed E-state index contributed by atoms with van der Waals surface area (Å²) < 4.78 is 5.14. The van der Waals surface area contributed by atoms with Gasteiger partial charge < -0.3 is 4.74 Å². The molecule has 66 valence electrons. The second kappa shape index (κ2) is 4.91. The zero-order chi connectivity index (χ0) is 8.97. The van der Waals surface area contributed by atoms with Crippen molar-refractivity contribution in [2.75, 3.05) is 7.11 Å². The Kier molecular flexibility index (Phi) is 4.14. The first-order valence-electron chi connectivity index (χ1n) is 3.45. The lowest BCUT2D eigenvalue weighted by molar-refractivity contribution is 0.411. The number of benzene rings is 1. The molecule has 0 heterocycles. The zero-order valence-electron chi connectivity index (χ0n) is 6.63. The van der Waals surface area contributed by atoms with Crippen molar-refractivity contribution in [3.8, 4) is 5.75 Å². The van der Waals surface area contributed by atoms with Crippen molar-refractivity contribution in [1.82, 2.24) is 0 Å². The third-order valence-electron chi connectivity index (χ3n) is 1.48. The van der Waals surface area contributed by atoms with E-state index in [2.05, 4.69) is 0 Å². The van der Waals surface area contributed by atoms with E-state index >= 15 is 0 Å². The molecule has 1 aromatic rings. The van der Waals surface area contributed by atoms with Gasteiger partial charge in [-0.2, -0.15) is 0 Å². The monoisotopic (exact) mass is 222 g/mol. The van der Waals surface area contributed by atoms with Gasteiger partial charge in [0.05, 0.1) is 13.7 Å². The highest BCUT2D eigenvalue weighted by Gasteiger charge is 2.05. The first-order valence-corrected chi connectivity index (χ1v) is 6.78. The average molecular weight is 223 g/mol. The zero-order valence-corrected chi connectivity index (χ0v) is 9.03. The Bertz CT molecular complexity index is 253. The van der Waals surface area contributed by atoms with Crippen LogP contribution < -0.4 is 4.74 Å². The standard InChI is InChI=1S/C8H9Cl2OP/c1-11-8-5-3-2-4-7(8)6-12(9)10/h2-5H,6H2,1H3. The molecule has 0 radical (unpaired) electrons. The number of para-hydroxylation sites is 1. The fourth-order valence-corrected chi connectivity index (χ4v) is 2.25. The Morgan fingerprint density at radius 2 is 2.00 bits per heavy atom. The fraction of sp³-hybridized carbons (Fsp3) is 0.250. The SMILES string of the molecule is COc1ccccc1CP(Cl)Cl. The predicted molar refractivity (Wildman–Crippen MR) is 55.3 cm³/mol. The van der Waals surface area contributed by atoms with E-state index in [0.29, 0.717) is 6.16 Å².